The number of halogens is 4. The van der Waals surface area contributed by atoms with E-state index in [0.717, 1.165) is 17.7 Å². The van der Waals surface area contributed by atoms with Gasteiger partial charge in [0.2, 0.25) is 16.0 Å². The summed E-state index contributed by atoms with van der Waals surface area (Å²) >= 11 is 0. The van der Waals surface area contributed by atoms with E-state index < -0.39 is 21.8 Å². The van der Waals surface area contributed by atoms with E-state index in [0.29, 0.717) is 42.9 Å². The van der Waals surface area contributed by atoms with Gasteiger partial charge in [-0.3, -0.25) is 0 Å². The van der Waals surface area contributed by atoms with Crippen LogP contribution in [0.3, 0.4) is 0 Å². The van der Waals surface area contributed by atoms with Crippen molar-refractivity contribution < 1.29 is 26.0 Å². The van der Waals surface area contributed by atoms with Crippen LogP contribution in [0.1, 0.15) is 30.0 Å². The van der Waals surface area contributed by atoms with Crippen LogP contribution >= 0.6 is 0 Å². The number of hydrogen-bond acceptors (Lipinski definition) is 6. The van der Waals surface area contributed by atoms with E-state index in [1.165, 1.54) is 46.9 Å². The molecule has 3 aromatic carbocycles. The van der Waals surface area contributed by atoms with Gasteiger partial charge in [-0.25, -0.2) is 22.8 Å². The molecule has 12 heteroatoms. The fraction of sp³-hybridized carbons (Fsp3) is 0.241. The van der Waals surface area contributed by atoms with E-state index in [1.807, 2.05) is 0 Å². The lowest BCUT2D eigenvalue weighted by Gasteiger charge is -2.34. The molecule has 0 amide bonds. The van der Waals surface area contributed by atoms with Crippen LogP contribution in [0.5, 0.6) is 0 Å². The van der Waals surface area contributed by atoms with Gasteiger partial charge in [0.15, 0.2) is 0 Å². The van der Waals surface area contributed by atoms with Gasteiger partial charge in [0.25, 0.3) is 0 Å². The highest BCUT2D eigenvalue weighted by molar-refractivity contribution is 7.89. The van der Waals surface area contributed by atoms with Crippen LogP contribution in [0, 0.1) is 11.7 Å². The van der Waals surface area contributed by atoms with Crippen LogP contribution < -0.4 is 11.1 Å². The quantitative estimate of drug-likeness (QED) is 0.253. The summed E-state index contributed by atoms with van der Waals surface area (Å²) in [6.07, 6.45) is -1.77. The maximum absolute atomic E-state index is 13.3. The van der Waals surface area contributed by atoms with Crippen molar-refractivity contribution in [2.45, 2.75) is 30.0 Å². The molecule has 214 valence electrons. The Hall–Kier alpha value is -3.87. The lowest BCUT2D eigenvalue weighted by molar-refractivity contribution is -0.137. The molecule has 1 atom stereocenters. The molecule has 1 saturated heterocycles. The Bertz CT molecular complexity index is 1590. The highest BCUT2D eigenvalue weighted by Gasteiger charge is 2.32. The van der Waals surface area contributed by atoms with Crippen LogP contribution in [-0.4, -0.2) is 35.8 Å². The van der Waals surface area contributed by atoms with E-state index in [1.54, 1.807) is 30.3 Å². The summed E-state index contributed by atoms with van der Waals surface area (Å²) in [7, 11) is -3.72. The minimum atomic E-state index is -4.42. The number of aromatic nitrogens is 2. The van der Waals surface area contributed by atoms with Gasteiger partial charge in [0.1, 0.15) is 5.82 Å². The number of anilines is 2. The van der Waals surface area contributed by atoms with Crippen LogP contribution in [0.2, 0.25) is 0 Å². The standard InChI is InChI=1S/C29H27F4N5O2S/c30-23-7-3-20(4-8-23)27(34)21-14-17-38(18-15-21)41(39,40)25-11-9-24(10-12-25)36-28-35-16-13-26(37-28)19-1-5-22(6-2-19)29(31,32)33/h1-13,16,21,27H,14-15,17-18,34H2,(H,35,36,37). The first-order chi connectivity index (χ1) is 19.5. The van der Waals surface area contributed by atoms with Crippen molar-refractivity contribution in [1.29, 1.82) is 0 Å². The molecule has 4 aromatic rings. The van der Waals surface area contributed by atoms with E-state index >= 15 is 0 Å². The molecular weight excluding hydrogens is 558 g/mol. The minimum absolute atomic E-state index is 0.0804. The third-order valence-electron chi connectivity index (χ3n) is 7.17. The molecule has 1 aliphatic heterocycles. The van der Waals surface area contributed by atoms with Gasteiger partial charge in [0, 0.05) is 36.6 Å². The topological polar surface area (TPSA) is 101 Å². The number of rotatable bonds is 7. The van der Waals surface area contributed by atoms with E-state index in [2.05, 4.69) is 15.3 Å². The summed E-state index contributed by atoms with van der Waals surface area (Å²) in [6, 6.07) is 18.2. The summed E-state index contributed by atoms with van der Waals surface area (Å²) in [5, 5.41) is 3.00. The zero-order valence-corrected chi connectivity index (χ0v) is 22.5. The van der Waals surface area contributed by atoms with Gasteiger partial charge in [-0.2, -0.15) is 17.5 Å². The van der Waals surface area contributed by atoms with Crippen LogP contribution in [0.15, 0.2) is 90.0 Å². The molecule has 7 nitrogen and oxygen atoms in total. The van der Waals surface area contributed by atoms with Gasteiger partial charge in [-0.05, 0) is 78.9 Å². The predicted octanol–water partition coefficient (Wildman–Crippen LogP) is 6.15. The highest BCUT2D eigenvalue weighted by Crippen LogP contribution is 2.33. The number of alkyl halides is 3. The zero-order chi connectivity index (χ0) is 29.2. The predicted molar refractivity (Wildman–Crippen MR) is 147 cm³/mol. The van der Waals surface area contributed by atoms with E-state index in [9.17, 15) is 26.0 Å². The molecule has 0 bridgehead atoms. The second-order valence-electron chi connectivity index (χ2n) is 9.81. The fourth-order valence-corrected chi connectivity index (χ4v) is 6.30. The molecule has 0 aliphatic carbocycles. The van der Waals surface area contributed by atoms with Crippen LogP contribution in [0.4, 0.5) is 29.2 Å². The van der Waals surface area contributed by atoms with E-state index in [4.69, 9.17) is 5.73 Å². The number of sulfonamides is 1. The normalized spacial score (nSPS) is 15.9. The fourth-order valence-electron chi connectivity index (χ4n) is 4.83. The molecular formula is C29H27F4N5O2S. The Morgan fingerprint density at radius 1 is 0.902 bits per heavy atom. The molecule has 5 rings (SSSR count). The zero-order valence-electron chi connectivity index (χ0n) is 21.7. The van der Waals surface area contributed by atoms with Crippen LogP contribution in [-0.2, 0) is 16.2 Å². The first-order valence-electron chi connectivity index (χ1n) is 12.9. The maximum Gasteiger partial charge on any atom is 0.416 e. The Morgan fingerprint density at radius 2 is 1.54 bits per heavy atom. The molecule has 0 radical (unpaired) electrons. The number of piperidine rings is 1. The highest BCUT2D eigenvalue weighted by atomic mass is 32.2. The van der Waals surface area contributed by atoms with Crippen LogP contribution in [0.25, 0.3) is 11.3 Å². The van der Waals surface area contributed by atoms with Gasteiger partial charge in [-0.1, -0.05) is 24.3 Å². The molecule has 1 fully saturated rings. The van der Waals surface area contributed by atoms with E-state index in [-0.39, 0.29) is 28.6 Å². The molecule has 1 unspecified atom stereocenters. The van der Waals surface area contributed by atoms with Crippen molar-refractivity contribution in [3.63, 3.8) is 0 Å². The Morgan fingerprint density at radius 3 is 2.15 bits per heavy atom. The number of nitrogens with two attached hydrogens (primary N) is 1. The number of hydrogen-bond donors (Lipinski definition) is 2. The third-order valence-corrected chi connectivity index (χ3v) is 9.09. The summed E-state index contributed by atoms with van der Waals surface area (Å²) in [4.78, 5) is 8.66. The summed E-state index contributed by atoms with van der Waals surface area (Å²) in [5.74, 6) is -0.0447. The number of nitrogens with zero attached hydrogens (tertiary/aromatic N) is 3. The second-order valence-corrected chi connectivity index (χ2v) is 11.7. The molecule has 0 saturated carbocycles. The van der Waals surface area contributed by atoms with Gasteiger partial charge in [0.05, 0.1) is 16.2 Å². The average Bonchev–Trinajstić information content (AvgIpc) is 2.97. The average molecular weight is 586 g/mol. The molecule has 1 aliphatic rings. The summed E-state index contributed by atoms with van der Waals surface area (Å²) < 4.78 is 79.8. The van der Waals surface area contributed by atoms with Crippen molar-refractivity contribution in [1.82, 2.24) is 14.3 Å². The van der Waals surface area contributed by atoms with Crippen molar-refractivity contribution in [3.05, 3.63) is 102 Å². The molecule has 1 aromatic heterocycles. The Labute approximate surface area is 235 Å². The van der Waals surface area contributed by atoms with Crippen molar-refractivity contribution in [2.75, 3.05) is 18.4 Å². The maximum atomic E-state index is 13.3. The lowest BCUT2D eigenvalue weighted by Crippen LogP contribution is -2.40. The largest absolute Gasteiger partial charge is 0.416 e. The first-order valence-corrected chi connectivity index (χ1v) is 14.3. The SMILES string of the molecule is NC(c1ccc(F)cc1)C1CCN(S(=O)(=O)c2ccc(Nc3nccc(-c4ccc(C(F)(F)F)cc4)n3)cc2)CC1. The first kappa shape index (κ1) is 28.7. The Kier molecular flexibility index (Phi) is 8.07. The number of benzene rings is 3. The Balaban J connectivity index is 1.21. The van der Waals surface area contributed by atoms with Crippen molar-refractivity contribution >= 4 is 21.7 Å². The lowest BCUT2D eigenvalue weighted by atomic mass is 9.86. The van der Waals surface area contributed by atoms with Gasteiger partial charge >= 0.3 is 6.18 Å². The molecule has 41 heavy (non-hydrogen) atoms. The summed E-state index contributed by atoms with van der Waals surface area (Å²) in [6.45, 7) is 0.652. The monoisotopic (exact) mass is 585 g/mol. The van der Waals surface area contributed by atoms with Gasteiger partial charge in [-0.15, -0.1) is 0 Å². The number of nitrogens with one attached hydrogen (secondary N) is 1. The van der Waals surface area contributed by atoms with Crippen molar-refractivity contribution in [3.8, 4) is 11.3 Å². The molecule has 0 spiro atoms. The smallest absolute Gasteiger partial charge is 0.324 e. The second kappa shape index (κ2) is 11.6. The molecule has 2 heterocycles. The van der Waals surface area contributed by atoms with Crippen molar-refractivity contribution in [2.24, 2.45) is 11.7 Å². The minimum Gasteiger partial charge on any atom is -0.324 e. The third kappa shape index (κ3) is 6.55. The summed E-state index contributed by atoms with van der Waals surface area (Å²) in [5.41, 5.74) is 7.92. The van der Waals surface area contributed by atoms with Gasteiger partial charge < -0.3 is 11.1 Å². The molecule has 3 N–H and O–H groups in total.